The van der Waals surface area contributed by atoms with Gasteiger partial charge in [-0.3, -0.25) is 0 Å². The van der Waals surface area contributed by atoms with Crippen molar-refractivity contribution in [1.82, 2.24) is 5.32 Å². The summed E-state index contributed by atoms with van der Waals surface area (Å²) in [6, 6.07) is 16.3. The number of rotatable bonds is 3. The van der Waals surface area contributed by atoms with Crippen molar-refractivity contribution in [3.8, 4) is 0 Å². The molecule has 0 radical (unpaired) electrons. The molecule has 5 heteroatoms. The first-order valence-corrected chi connectivity index (χ1v) is 8.13. The summed E-state index contributed by atoms with van der Waals surface area (Å²) < 4.78 is 1.98. The molecule has 0 bridgehead atoms. The third kappa shape index (κ3) is 4.30. The van der Waals surface area contributed by atoms with Crippen LogP contribution in [-0.4, -0.2) is 5.11 Å². The maximum absolute atomic E-state index is 5.35. The van der Waals surface area contributed by atoms with Gasteiger partial charge in [-0.2, -0.15) is 0 Å². The highest BCUT2D eigenvalue weighted by Crippen LogP contribution is 2.26. The number of nitrogens with one attached hydrogen (secondary N) is 2. The molecule has 0 saturated heterocycles. The van der Waals surface area contributed by atoms with Gasteiger partial charge in [0.25, 0.3) is 0 Å². The minimum atomic E-state index is 0.158. The van der Waals surface area contributed by atoms with Crippen molar-refractivity contribution in [2.45, 2.75) is 13.0 Å². The maximum Gasteiger partial charge on any atom is 0.171 e. The smallest absolute Gasteiger partial charge is 0.171 e. The predicted octanol–water partition coefficient (Wildman–Crippen LogP) is 5.26. The van der Waals surface area contributed by atoms with Crippen molar-refractivity contribution in [3.05, 3.63) is 63.0 Å². The fourth-order valence-electron chi connectivity index (χ4n) is 1.77. The van der Waals surface area contributed by atoms with E-state index in [2.05, 4.69) is 61.5 Å². The van der Waals surface area contributed by atoms with Crippen LogP contribution in [0.1, 0.15) is 18.5 Å². The highest BCUT2D eigenvalue weighted by molar-refractivity contribution is 9.11. The number of hydrogen-bond acceptors (Lipinski definition) is 1. The standard InChI is InChI=1S/C15H14Br2N2S/c1-10(11-5-3-2-4-6-11)18-15(20)19-14-8-7-12(16)9-13(14)17/h2-10H,1H3,(H2,18,19,20). The van der Waals surface area contributed by atoms with Crippen molar-refractivity contribution in [2.75, 3.05) is 5.32 Å². The Hall–Kier alpha value is -0.910. The molecule has 104 valence electrons. The molecule has 0 fully saturated rings. The number of benzene rings is 2. The topological polar surface area (TPSA) is 24.1 Å². The second-order valence-corrected chi connectivity index (χ2v) is 6.53. The molecule has 0 spiro atoms. The first kappa shape index (κ1) is 15.5. The van der Waals surface area contributed by atoms with Crippen molar-refractivity contribution >= 4 is 54.9 Å². The van der Waals surface area contributed by atoms with E-state index in [0.717, 1.165) is 14.6 Å². The Kier molecular flexibility index (Phi) is 5.57. The van der Waals surface area contributed by atoms with Gasteiger partial charge in [0.1, 0.15) is 0 Å². The van der Waals surface area contributed by atoms with Crippen molar-refractivity contribution in [1.29, 1.82) is 0 Å². The molecule has 0 saturated carbocycles. The third-order valence-corrected chi connectivity index (χ3v) is 4.20. The summed E-state index contributed by atoms with van der Waals surface area (Å²) in [4.78, 5) is 0. The Bertz CT molecular complexity index is 602. The average molecular weight is 414 g/mol. The van der Waals surface area contributed by atoms with Gasteiger partial charge < -0.3 is 10.6 Å². The number of halogens is 2. The van der Waals surface area contributed by atoms with E-state index < -0.39 is 0 Å². The van der Waals surface area contributed by atoms with Gasteiger partial charge in [-0.1, -0.05) is 46.3 Å². The van der Waals surface area contributed by atoms with Crippen molar-refractivity contribution in [2.24, 2.45) is 0 Å². The summed E-state index contributed by atoms with van der Waals surface area (Å²) >= 11 is 12.3. The van der Waals surface area contributed by atoms with Crippen LogP contribution in [0.25, 0.3) is 0 Å². The lowest BCUT2D eigenvalue weighted by atomic mass is 10.1. The van der Waals surface area contributed by atoms with Gasteiger partial charge in [-0.15, -0.1) is 0 Å². The molecule has 1 unspecified atom stereocenters. The zero-order chi connectivity index (χ0) is 14.5. The molecule has 0 heterocycles. The summed E-state index contributed by atoms with van der Waals surface area (Å²) in [5, 5.41) is 7.07. The Balaban J connectivity index is 1.99. The lowest BCUT2D eigenvalue weighted by Gasteiger charge is -2.18. The first-order chi connectivity index (χ1) is 9.56. The van der Waals surface area contributed by atoms with Crippen molar-refractivity contribution < 1.29 is 0 Å². The Morgan fingerprint density at radius 2 is 1.80 bits per heavy atom. The van der Waals surface area contributed by atoms with E-state index in [9.17, 15) is 0 Å². The molecule has 2 rings (SSSR count). The van der Waals surface area contributed by atoms with E-state index in [1.54, 1.807) is 0 Å². The van der Waals surface area contributed by atoms with Crippen molar-refractivity contribution in [3.63, 3.8) is 0 Å². The van der Waals surface area contributed by atoms with Gasteiger partial charge >= 0.3 is 0 Å². The van der Waals surface area contributed by atoms with Crippen LogP contribution in [0.3, 0.4) is 0 Å². The van der Waals surface area contributed by atoms with E-state index in [1.165, 1.54) is 5.56 Å². The Morgan fingerprint density at radius 1 is 1.10 bits per heavy atom. The molecule has 2 aromatic carbocycles. The van der Waals surface area contributed by atoms with Crippen LogP contribution < -0.4 is 10.6 Å². The third-order valence-electron chi connectivity index (χ3n) is 2.83. The largest absolute Gasteiger partial charge is 0.356 e. The van der Waals surface area contributed by atoms with E-state index in [0.29, 0.717) is 5.11 Å². The van der Waals surface area contributed by atoms with Gasteiger partial charge in [0.15, 0.2) is 5.11 Å². The van der Waals surface area contributed by atoms with Crippen LogP contribution in [0.15, 0.2) is 57.5 Å². The van der Waals surface area contributed by atoms with E-state index in [-0.39, 0.29) is 6.04 Å². The first-order valence-electron chi connectivity index (χ1n) is 6.14. The van der Waals surface area contributed by atoms with Crippen LogP contribution in [0, 0.1) is 0 Å². The number of anilines is 1. The number of hydrogen-bond donors (Lipinski definition) is 2. The van der Waals surface area contributed by atoms with E-state index >= 15 is 0 Å². The molecule has 0 amide bonds. The van der Waals surface area contributed by atoms with Gasteiger partial charge in [-0.05, 0) is 58.8 Å². The average Bonchev–Trinajstić information content (AvgIpc) is 2.43. The van der Waals surface area contributed by atoms with Crippen LogP contribution in [0.2, 0.25) is 0 Å². The Labute approximate surface area is 141 Å². The van der Waals surface area contributed by atoms with Gasteiger partial charge in [-0.25, -0.2) is 0 Å². The SMILES string of the molecule is CC(NC(=S)Nc1ccc(Br)cc1Br)c1ccccc1. The minimum absolute atomic E-state index is 0.158. The molecule has 2 N–H and O–H groups in total. The Morgan fingerprint density at radius 3 is 2.45 bits per heavy atom. The van der Waals surface area contributed by atoms with E-state index in [1.807, 2.05) is 36.4 Å². The van der Waals surface area contributed by atoms with Crippen LogP contribution >= 0.6 is 44.1 Å². The normalized spacial score (nSPS) is 11.8. The van der Waals surface area contributed by atoms with Gasteiger partial charge in [0.05, 0.1) is 11.7 Å². The summed E-state index contributed by atoms with van der Waals surface area (Å²) in [6.07, 6.45) is 0. The lowest BCUT2D eigenvalue weighted by molar-refractivity contribution is 0.722. The molecular formula is C15H14Br2N2S. The fourth-order valence-corrected chi connectivity index (χ4v) is 3.20. The fraction of sp³-hybridized carbons (Fsp3) is 0.133. The second kappa shape index (κ2) is 7.20. The molecule has 0 aliphatic heterocycles. The highest BCUT2D eigenvalue weighted by atomic mass is 79.9. The molecule has 2 nitrogen and oxygen atoms in total. The minimum Gasteiger partial charge on any atom is -0.356 e. The number of thiocarbonyl (C=S) groups is 1. The monoisotopic (exact) mass is 412 g/mol. The van der Waals surface area contributed by atoms with Crippen LogP contribution in [0.4, 0.5) is 5.69 Å². The molecule has 0 aliphatic carbocycles. The summed E-state index contributed by atoms with van der Waals surface area (Å²) in [7, 11) is 0. The van der Waals surface area contributed by atoms with Gasteiger partial charge in [0.2, 0.25) is 0 Å². The lowest BCUT2D eigenvalue weighted by Crippen LogP contribution is -2.30. The van der Waals surface area contributed by atoms with E-state index in [4.69, 9.17) is 12.2 Å². The molecule has 2 aromatic rings. The van der Waals surface area contributed by atoms with Gasteiger partial charge in [0, 0.05) is 8.95 Å². The molecule has 0 aliphatic rings. The van der Waals surface area contributed by atoms with Crippen LogP contribution in [-0.2, 0) is 0 Å². The maximum atomic E-state index is 5.35. The molecule has 1 atom stereocenters. The van der Waals surface area contributed by atoms with Crippen LogP contribution in [0.5, 0.6) is 0 Å². The summed E-state index contributed by atoms with van der Waals surface area (Å²) in [5.74, 6) is 0. The predicted molar refractivity (Wildman–Crippen MR) is 96.1 cm³/mol. The zero-order valence-corrected chi connectivity index (χ0v) is 14.8. The quantitative estimate of drug-likeness (QED) is 0.671. The summed E-state index contributed by atoms with van der Waals surface area (Å²) in [5.41, 5.74) is 2.14. The highest BCUT2D eigenvalue weighted by Gasteiger charge is 2.08. The molecule has 20 heavy (non-hydrogen) atoms. The zero-order valence-electron chi connectivity index (χ0n) is 10.9. The molecule has 0 aromatic heterocycles. The second-order valence-electron chi connectivity index (χ2n) is 4.36. The molecular weight excluding hydrogens is 400 g/mol. The summed E-state index contributed by atoms with van der Waals surface area (Å²) in [6.45, 7) is 2.08.